The molecule has 0 unspecified atom stereocenters. The Balaban J connectivity index is 3.73. The van der Waals surface area contributed by atoms with Crippen LogP contribution < -0.4 is 5.32 Å². The molecule has 1 N–H and O–H groups in total. The fraction of sp³-hybridized carbons (Fsp3) is 0.667. The first kappa shape index (κ1) is 10.7. The predicted molar refractivity (Wildman–Crippen MR) is 48.3 cm³/mol. The molecule has 0 spiro atoms. The summed E-state index contributed by atoms with van der Waals surface area (Å²) >= 11 is 1.80. The Morgan fingerprint density at radius 2 is 2.18 bits per heavy atom. The fourth-order valence-electron chi connectivity index (χ4n) is 0.453. The molecule has 0 bridgehead atoms. The van der Waals surface area contributed by atoms with E-state index in [0.717, 1.165) is 0 Å². The SMILES string of the molecule is CCOC(=O)[C@H](I)NC(C)=O. The van der Waals surface area contributed by atoms with Gasteiger partial charge in [0.15, 0.2) is 4.05 Å². The van der Waals surface area contributed by atoms with E-state index in [1.807, 2.05) is 0 Å². The molecule has 0 fully saturated rings. The molecule has 0 aromatic carbocycles. The lowest BCUT2D eigenvalue weighted by atomic mass is 10.6. The first-order valence-electron chi connectivity index (χ1n) is 3.15. The summed E-state index contributed by atoms with van der Waals surface area (Å²) < 4.78 is 4.06. The molecule has 0 heterocycles. The van der Waals surface area contributed by atoms with Crippen LogP contribution in [0.1, 0.15) is 13.8 Å². The monoisotopic (exact) mass is 271 g/mol. The normalized spacial score (nSPS) is 11.9. The molecule has 0 rings (SSSR count). The predicted octanol–water partition coefficient (Wildman–Crippen LogP) is 0.447. The lowest BCUT2D eigenvalue weighted by Crippen LogP contribution is -2.35. The zero-order chi connectivity index (χ0) is 8.85. The van der Waals surface area contributed by atoms with Crippen molar-refractivity contribution >= 4 is 34.5 Å². The highest BCUT2D eigenvalue weighted by Crippen LogP contribution is 1.98. The first-order valence-corrected chi connectivity index (χ1v) is 4.40. The minimum atomic E-state index is -0.579. The second-order valence-corrected chi connectivity index (χ2v) is 3.06. The van der Waals surface area contributed by atoms with E-state index < -0.39 is 10.0 Å². The number of carbonyl (C=O) groups excluding carboxylic acids is 2. The molecule has 0 aliphatic rings. The van der Waals surface area contributed by atoms with E-state index in [9.17, 15) is 9.59 Å². The molecule has 0 saturated carbocycles. The Labute approximate surface area is 78.8 Å². The van der Waals surface area contributed by atoms with Crippen LogP contribution in [0, 0.1) is 0 Å². The summed E-state index contributed by atoms with van der Waals surface area (Å²) in [6, 6.07) is 0. The maximum absolute atomic E-state index is 10.8. The van der Waals surface area contributed by atoms with E-state index in [2.05, 4.69) is 10.1 Å². The molecule has 1 amide bonds. The van der Waals surface area contributed by atoms with Crippen molar-refractivity contribution in [3.8, 4) is 0 Å². The largest absolute Gasteiger partial charge is 0.464 e. The van der Waals surface area contributed by atoms with Gasteiger partial charge in [0, 0.05) is 6.92 Å². The van der Waals surface area contributed by atoms with Gasteiger partial charge < -0.3 is 10.1 Å². The highest BCUT2D eigenvalue weighted by Gasteiger charge is 2.15. The van der Waals surface area contributed by atoms with Crippen molar-refractivity contribution in [1.82, 2.24) is 5.32 Å². The summed E-state index contributed by atoms with van der Waals surface area (Å²) in [4.78, 5) is 21.3. The van der Waals surface area contributed by atoms with Gasteiger partial charge in [-0.05, 0) is 29.5 Å². The summed E-state index contributed by atoms with van der Waals surface area (Å²) in [5.41, 5.74) is 0. The number of alkyl halides is 1. The molecule has 1 atom stereocenters. The summed E-state index contributed by atoms with van der Waals surface area (Å²) in [7, 11) is 0. The van der Waals surface area contributed by atoms with Crippen molar-refractivity contribution in [2.75, 3.05) is 6.61 Å². The third-order valence-electron chi connectivity index (χ3n) is 0.824. The van der Waals surface area contributed by atoms with Gasteiger partial charge in [0.25, 0.3) is 0 Å². The third-order valence-corrected chi connectivity index (χ3v) is 1.64. The summed E-state index contributed by atoms with van der Waals surface area (Å²) in [6.07, 6.45) is 0. The zero-order valence-electron chi connectivity index (χ0n) is 6.39. The number of hydrogen-bond acceptors (Lipinski definition) is 3. The van der Waals surface area contributed by atoms with Crippen LogP contribution in [0.2, 0.25) is 0 Å². The number of halogens is 1. The smallest absolute Gasteiger partial charge is 0.339 e. The van der Waals surface area contributed by atoms with Gasteiger partial charge in [-0.1, -0.05) is 0 Å². The maximum atomic E-state index is 10.8. The number of carbonyl (C=O) groups is 2. The van der Waals surface area contributed by atoms with Crippen LogP contribution in [-0.2, 0) is 14.3 Å². The highest BCUT2D eigenvalue weighted by atomic mass is 127. The van der Waals surface area contributed by atoms with Crippen LogP contribution in [0.4, 0.5) is 0 Å². The van der Waals surface area contributed by atoms with Crippen LogP contribution in [0.15, 0.2) is 0 Å². The topological polar surface area (TPSA) is 55.4 Å². The number of hydrogen-bond donors (Lipinski definition) is 1. The van der Waals surface area contributed by atoms with Gasteiger partial charge >= 0.3 is 5.97 Å². The molecule has 0 aliphatic carbocycles. The standard InChI is InChI=1S/C6H10INO3/c1-3-11-6(10)5(7)8-4(2)9/h5H,3H2,1-2H3,(H,8,9)/t5-/m1/s1. The van der Waals surface area contributed by atoms with E-state index in [-0.39, 0.29) is 5.91 Å². The Kier molecular flexibility index (Phi) is 5.18. The third kappa shape index (κ3) is 5.00. The lowest BCUT2D eigenvalue weighted by Gasteiger charge is -2.08. The molecule has 0 aliphatic heterocycles. The van der Waals surface area contributed by atoms with Crippen molar-refractivity contribution in [2.24, 2.45) is 0 Å². The molecular weight excluding hydrogens is 261 g/mol. The Bertz CT molecular complexity index is 160. The number of esters is 1. The second-order valence-electron chi connectivity index (χ2n) is 1.82. The quantitative estimate of drug-likeness (QED) is 0.351. The molecular formula is C6H10INO3. The van der Waals surface area contributed by atoms with E-state index >= 15 is 0 Å². The van der Waals surface area contributed by atoms with Crippen LogP contribution in [-0.4, -0.2) is 22.5 Å². The van der Waals surface area contributed by atoms with E-state index in [4.69, 9.17) is 0 Å². The first-order chi connectivity index (χ1) is 5.07. The van der Waals surface area contributed by atoms with E-state index in [1.165, 1.54) is 6.92 Å². The number of amides is 1. The molecule has 5 heteroatoms. The Morgan fingerprint density at radius 3 is 2.55 bits per heavy atom. The van der Waals surface area contributed by atoms with Gasteiger partial charge in [-0.15, -0.1) is 0 Å². The molecule has 0 radical (unpaired) electrons. The van der Waals surface area contributed by atoms with Gasteiger partial charge in [0.05, 0.1) is 6.61 Å². The van der Waals surface area contributed by atoms with Crippen molar-refractivity contribution in [3.63, 3.8) is 0 Å². The number of rotatable bonds is 3. The summed E-state index contributed by atoms with van der Waals surface area (Å²) in [6.45, 7) is 3.40. The number of ether oxygens (including phenoxy) is 1. The Morgan fingerprint density at radius 1 is 1.64 bits per heavy atom. The zero-order valence-corrected chi connectivity index (χ0v) is 8.54. The molecule has 64 valence electrons. The Hall–Kier alpha value is -0.330. The van der Waals surface area contributed by atoms with E-state index in [1.54, 1.807) is 29.5 Å². The summed E-state index contributed by atoms with van der Waals surface area (Å²) in [5, 5.41) is 2.40. The minimum Gasteiger partial charge on any atom is -0.464 e. The van der Waals surface area contributed by atoms with Gasteiger partial charge in [0.2, 0.25) is 5.91 Å². The summed E-state index contributed by atoms with van der Waals surface area (Å²) in [5.74, 6) is -0.652. The van der Waals surface area contributed by atoms with Crippen molar-refractivity contribution in [2.45, 2.75) is 17.9 Å². The van der Waals surface area contributed by atoms with Crippen molar-refractivity contribution in [3.05, 3.63) is 0 Å². The highest BCUT2D eigenvalue weighted by molar-refractivity contribution is 14.1. The molecule has 0 aromatic rings. The van der Waals surface area contributed by atoms with Crippen LogP contribution >= 0.6 is 22.6 Å². The van der Waals surface area contributed by atoms with Crippen LogP contribution in [0.5, 0.6) is 0 Å². The van der Waals surface area contributed by atoms with Crippen molar-refractivity contribution < 1.29 is 14.3 Å². The van der Waals surface area contributed by atoms with Gasteiger partial charge in [-0.2, -0.15) is 0 Å². The second kappa shape index (κ2) is 5.34. The molecule has 11 heavy (non-hydrogen) atoms. The fourth-order valence-corrected chi connectivity index (χ4v) is 1.07. The molecule has 0 aromatic heterocycles. The van der Waals surface area contributed by atoms with Gasteiger partial charge in [-0.25, -0.2) is 4.79 Å². The number of nitrogens with one attached hydrogen (secondary N) is 1. The van der Waals surface area contributed by atoms with Gasteiger partial charge in [0.1, 0.15) is 0 Å². The maximum Gasteiger partial charge on any atom is 0.339 e. The molecule has 0 saturated heterocycles. The minimum absolute atomic E-state index is 0.238. The van der Waals surface area contributed by atoms with Crippen LogP contribution in [0.25, 0.3) is 0 Å². The van der Waals surface area contributed by atoms with E-state index in [0.29, 0.717) is 6.61 Å². The average Bonchev–Trinajstić information content (AvgIpc) is 1.86. The molecule has 4 nitrogen and oxygen atoms in total. The van der Waals surface area contributed by atoms with Crippen molar-refractivity contribution in [1.29, 1.82) is 0 Å². The van der Waals surface area contributed by atoms with Gasteiger partial charge in [-0.3, -0.25) is 4.79 Å². The average molecular weight is 271 g/mol. The lowest BCUT2D eigenvalue weighted by molar-refractivity contribution is -0.143. The van der Waals surface area contributed by atoms with Crippen LogP contribution in [0.3, 0.4) is 0 Å².